The van der Waals surface area contributed by atoms with E-state index in [9.17, 15) is 9.90 Å². The molecule has 3 aromatic rings. The maximum Gasteiger partial charge on any atom is 0.254 e. The molecular formula is C20H23N5O2S. The average molecular weight is 398 g/mol. The molecule has 0 radical (unpaired) electrons. The summed E-state index contributed by atoms with van der Waals surface area (Å²) in [5.74, 6) is 0.458. The number of thiazole rings is 1. The zero-order valence-corrected chi connectivity index (χ0v) is 16.4. The minimum Gasteiger partial charge on any atom is -0.393 e. The van der Waals surface area contributed by atoms with Gasteiger partial charge in [-0.1, -0.05) is 0 Å². The fourth-order valence-corrected chi connectivity index (χ4v) is 4.27. The third kappa shape index (κ3) is 4.07. The first kappa shape index (κ1) is 18.6. The number of fused-ring (bicyclic) bond motifs is 1. The predicted molar refractivity (Wildman–Crippen MR) is 112 cm³/mol. The summed E-state index contributed by atoms with van der Waals surface area (Å²) >= 11 is 1.59. The van der Waals surface area contributed by atoms with Crippen LogP contribution in [0, 0.1) is 0 Å². The lowest BCUT2D eigenvalue weighted by Crippen LogP contribution is -2.31. The van der Waals surface area contributed by atoms with Gasteiger partial charge in [-0.2, -0.15) is 0 Å². The van der Waals surface area contributed by atoms with Gasteiger partial charge >= 0.3 is 0 Å². The quantitative estimate of drug-likeness (QED) is 0.526. The van der Waals surface area contributed by atoms with Crippen molar-refractivity contribution in [1.29, 1.82) is 0 Å². The number of carbonyl (C=O) groups is 1. The van der Waals surface area contributed by atoms with E-state index in [1.165, 1.54) is 0 Å². The molecule has 146 valence electrons. The van der Waals surface area contributed by atoms with Crippen LogP contribution in [-0.4, -0.2) is 40.2 Å². The van der Waals surface area contributed by atoms with Crippen LogP contribution >= 0.6 is 11.3 Å². The fourth-order valence-electron chi connectivity index (χ4n) is 3.55. The van der Waals surface area contributed by atoms with Gasteiger partial charge in [0.1, 0.15) is 5.82 Å². The number of aromatic nitrogens is 2. The van der Waals surface area contributed by atoms with Gasteiger partial charge in [0.25, 0.3) is 5.91 Å². The Balaban J connectivity index is 1.59. The maximum atomic E-state index is 12.3. The first-order chi connectivity index (χ1) is 13.6. The van der Waals surface area contributed by atoms with Crippen molar-refractivity contribution in [2.75, 3.05) is 17.7 Å². The Kier molecular flexibility index (Phi) is 5.40. The van der Waals surface area contributed by atoms with Gasteiger partial charge in [0.2, 0.25) is 0 Å². The minimum atomic E-state index is -0.291. The summed E-state index contributed by atoms with van der Waals surface area (Å²) in [7, 11) is 1.60. The zero-order chi connectivity index (χ0) is 19.5. The van der Waals surface area contributed by atoms with E-state index in [1.807, 2.05) is 29.8 Å². The van der Waals surface area contributed by atoms with Crippen molar-refractivity contribution >= 4 is 44.7 Å². The van der Waals surface area contributed by atoms with Crippen LogP contribution in [0.1, 0.15) is 36.0 Å². The Labute approximate surface area is 167 Å². The van der Waals surface area contributed by atoms with Gasteiger partial charge < -0.3 is 21.1 Å². The van der Waals surface area contributed by atoms with E-state index in [-0.39, 0.29) is 18.1 Å². The normalized spacial score (nSPS) is 19.4. The molecule has 8 heteroatoms. The molecule has 1 aromatic carbocycles. The second-order valence-corrected chi connectivity index (χ2v) is 7.90. The van der Waals surface area contributed by atoms with E-state index in [0.717, 1.165) is 40.9 Å². The molecule has 2 aromatic heterocycles. The number of anilines is 3. The maximum absolute atomic E-state index is 12.3. The average Bonchev–Trinajstić information content (AvgIpc) is 3.15. The molecule has 0 spiro atoms. The third-order valence-electron chi connectivity index (χ3n) is 4.99. The van der Waals surface area contributed by atoms with Crippen LogP contribution in [0.4, 0.5) is 17.2 Å². The van der Waals surface area contributed by atoms with E-state index < -0.39 is 0 Å². The lowest BCUT2D eigenvalue weighted by molar-refractivity contribution is 0.0963. The van der Waals surface area contributed by atoms with Gasteiger partial charge in [-0.05, 0) is 43.9 Å². The van der Waals surface area contributed by atoms with Gasteiger partial charge in [0.05, 0.1) is 33.1 Å². The number of hydrogen-bond donors (Lipinski definition) is 4. The highest BCUT2D eigenvalue weighted by Crippen LogP contribution is 2.28. The van der Waals surface area contributed by atoms with Crippen LogP contribution in [0.15, 0.2) is 36.0 Å². The first-order valence-electron chi connectivity index (χ1n) is 9.39. The predicted octanol–water partition coefficient (Wildman–Crippen LogP) is 3.51. The Bertz CT molecular complexity index is 990. The van der Waals surface area contributed by atoms with Crippen molar-refractivity contribution in [2.45, 2.75) is 37.8 Å². The topological polar surface area (TPSA) is 99.2 Å². The molecule has 1 aliphatic carbocycles. The second kappa shape index (κ2) is 8.12. The fraction of sp³-hybridized carbons (Fsp3) is 0.350. The number of benzene rings is 1. The van der Waals surface area contributed by atoms with Crippen LogP contribution in [0.3, 0.4) is 0 Å². The smallest absolute Gasteiger partial charge is 0.254 e. The number of aliphatic hydroxyl groups excluding tert-OH is 1. The van der Waals surface area contributed by atoms with E-state index in [4.69, 9.17) is 0 Å². The van der Waals surface area contributed by atoms with Gasteiger partial charge in [0.15, 0.2) is 0 Å². The Morgan fingerprint density at radius 1 is 1.25 bits per heavy atom. The lowest BCUT2D eigenvalue weighted by Gasteiger charge is -2.28. The molecule has 1 saturated carbocycles. The molecule has 0 saturated heterocycles. The summed E-state index contributed by atoms with van der Waals surface area (Å²) in [6, 6.07) is 7.95. The molecule has 1 fully saturated rings. The molecule has 1 amide bonds. The standard InChI is InChI=1S/C20H23N5O2S/c1-21-20(27)15-10-22-19(9-17(15)24-12-3-2-4-14(26)7-12)25-13-5-6-16-18(8-13)28-11-23-16/h5-6,8-12,14,26H,2-4,7H2,1H3,(H,21,27)(H2,22,24,25)/t12-,14-/m0/s1. The second-order valence-electron chi connectivity index (χ2n) is 7.02. The highest BCUT2D eigenvalue weighted by Gasteiger charge is 2.22. The Morgan fingerprint density at radius 2 is 2.14 bits per heavy atom. The molecular weight excluding hydrogens is 374 g/mol. The van der Waals surface area contributed by atoms with E-state index >= 15 is 0 Å². The molecule has 4 N–H and O–H groups in total. The van der Waals surface area contributed by atoms with E-state index in [1.54, 1.807) is 24.6 Å². The SMILES string of the molecule is CNC(=O)c1cnc(Nc2ccc3ncsc3c2)cc1N[C@H]1CCC[C@H](O)C1. The van der Waals surface area contributed by atoms with Crippen molar-refractivity contribution in [2.24, 2.45) is 0 Å². The third-order valence-corrected chi connectivity index (χ3v) is 5.78. The molecule has 1 aliphatic rings. The monoisotopic (exact) mass is 397 g/mol. The van der Waals surface area contributed by atoms with Crippen LogP contribution < -0.4 is 16.0 Å². The van der Waals surface area contributed by atoms with Crippen molar-refractivity contribution < 1.29 is 9.90 Å². The molecule has 0 unspecified atom stereocenters. The molecule has 2 atom stereocenters. The highest BCUT2D eigenvalue weighted by molar-refractivity contribution is 7.16. The number of aliphatic hydroxyl groups is 1. The summed E-state index contributed by atoms with van der Waals surface area (Å²) in [6.07, 6.45) is 4.74. The van der Waals surface area contributed by atoms with Crippen molar-refractivity contribution in [3.8, 4) is 0 Å². The summed E-state index contributed by atoms with van der Waals surface area (Å²) in [5, 5.41) is 19.4. The number of nitrogens with zero attached hydrogens (tertiary/aromatic N) is 2. The van der Waals surface area contributed by atoms with Crippen molar-refractivity contribution in [3.05, 3.63) is 41.5 Å². The van der Waals surface area contributed by atoms with E-state index in [2.05, 4.69) is 25.9 Å². The van der Waals surface area contributed by atoms with E-state index in [0.29, 0.717) is 17.8 Å². The number of carbonyl (C=O) groups excluding carboxylic acids is 1. The summed E-state index contributed by atoms with van der Waals surface area (Å²) in [6.45, 7) is 0. The van der Waals surface area contributed by atoms with Crippen LogP contribution in [0.25, 0.3) is 10.2 Å². The van der Waals surface area contributed by atoms with Crippen LogP contribution in [0.5, 0.6) is 0 Å². The van der Waals surface area contributed by atoms with Crippen molar-refractivity contribution in [3.63, 3.8) is 0 Å². The highest BCUT2D eigenvalue weighted by atomic mass is 32.1. The zero-order valence-electron chi connectivity index (χ0n) is 15.6. The number of pyridine rings is 1. The molecule has 0 bridgehead atoms. The van der Waals surface area contributed by atoms with Crippen LogP contribution in [-0.2, 0) is 0 Å². The van der Waals surface area contributed by atoms with Crippen molar-refractivity contribution in [1.82, 2.24) is 15.3 Å². The molecule has 4 rings (SSSR count). The van der Waals surface area contributed by atoms with Gasteiger partial charge in [-0.25, -0.2) is 9.97 Å². The Morgan fingerprint density at radius 3 is 2.96 bits per heavy atom. The Hall–Kier alpha value is -2.71. The lowest BCUT2D eigenvalue weighted by atomic mass is 9.92. The minimum absolute atomic E-state index is 0.135. The van der Waals surface area contributed by atoms with Gasteiger partial charge in [-0.15, -0.1) is 11.3 Å². The first-order valence-corrected chi connectivity index (χ1v) is 10.3. The van der Waals surface area contributed by atoms with Gasteiger partial charge in [0, 0.05) is 31.0 Å². The number of nitrogens with one attached hydrogen (secondary N) is 3. The van der Waals surface area contributed by atoms with Gasteiger partial charge in [-0.3, -0.25) is 4.79 Å². The summed E-state index contributed by atoms with van der Waals surface area (Å²) < 4.78 is 1.10. The number of hydrogen-bond acceptors (Lipinski definition) is 7. The number of rotatable bonds is 5. The summed E-state index contributed by atoms with van der Waals surface area (Å²) in [5.41, 5.74) is 4.92. The molecule has 0 aliphatic heterocycles. The largest absolute Gasteiger partial charge is 0.393 e. The number of amides is 1. The molecule has 2 heterocycles. The molecule has 28 heavy (non-hydrogen) atoms. The molecule has 7 nitrogen and oxygen atoms in total. The summed E-state index contributed by atoms with van der Waals surface area (Å²) in [4.78, 5) is 21.0. The van der Waals surface area contributed by atoms with Crippen LogP contribution in [0.2, 0.25) is 0 Å².